The number of benzene rings is 12. The summed E-state index contributed by atoms with van der Waals surface area (Å²) in [6.07, 6.45) is 16.0. The number of para-hydroxylation sites is 12. The molecule has 0 atom stereocenters. The minimum atomic E-state index is 0.461. The minimum Gasteiger partial charge on any atom is -0.493 e. The van der Waals surface area contributed by atoms with Gasteiger partial charge in [-0.2, -0.15) is 0 Å². The van der Waals surface area contributed by atoms with E-state index in [0.29, 0.717) is 118 Å². The van der Waals surface area contributed by atoms with Crippen molar-refractivity contribution < 1.29 is 56.8 Å². The quantitative estimate of drug-likeness (QED) is 0.0432. The Bertz CT molecular complexity index is 6070. The summed E-state index contributed by atoms with van der Waals surface area (Å²) in [5, 5.41) is 0. The van der Waals surface area contributed by atoms with Gasteiger partial charge in [0.25, 0.3) is 0 Å². The molecule has 16 nitrogen and oxygen atoms in total. The maximum absolute atomic E-state index is 7.48. The SMILES string of the molecule is CCCCCCOc1cc2c(cc1-c1cc(-c3cc4c(cc3OCCCCCC)N3c5ccccc5Oc5cccc(c53)O4)cc3c(-c4cc5c(cc4OCCCCCC)N4c6ccccc6Oc6cccc(c64)O5)cc(-c4cc5c(cc4OCCCCCC)N4c6ccccc6Oc6cccc(c64)O5)c-3c1)Oc1cccc3c1N2c1ccccc1O3. The van der Waals surface area contributed by atoms with Crippen LogP contribution in [0.15, 0.2) is 243 Å². The van der Waals surface area contributed by atoms with E-state index in [1.807, 2.05) is 121 Å². The number of nitrogens with zero attached hydrogens (tertiary/aromatic N) is 4. The van der Waals surface area contributed by atoms with Crippen molar-refractivity contribution in [2.24, 2.45) is 0 Å². The van der Waals surface area contributed by atoms with Gasteiger partial charge in [-0.3, -0.25) is 19.6 Å². The van der Waals surface area contributed by atoms with Gasteiger partial charge in [-0.15, -0.1) is 0 Å². The summed E-state index contributed by atoms with van der Waals surface area (Å²) in [5.74, 6) is 13.6. The molecule has 0 radical (unpaired) electrons. The lowest BCUT2D eigenvalue weighted by atomic mass is 9.96. The number of anilines is 12. The van der Waals surface area contributed by atoms with Gasteiger partial charge in [0.1, 0.15) is 45.7 Å². The average molecular weight is 1610 g/mol. The van der Waals surface area contributed by atoms with Crippen molar-refractivity contribution >= 4 is 68.2 Å². The Balaban J connectivity index is 0.842. The van der Waals surface area contributed by atoms with Crippen LogP contribution in [0.1, 0.15) is 130 Å². The van der Waals surface area contributed by atoms with Gasteiger partial charge in [0, 0.05) is 46.5 Å². The van der Waals surface area contributed by atoms with E-state index in [1.165, 1.54) is 0 Å². The zero-order valence-electron chi connectivity index (χ0n) is 68.9. The number of fused-ring (bicyclic) bond motifs is 17. The second-order valence-corrected chi connectivity index (χ2v) is 32.5. The zero-order chi connectivity index (χ0) is 81.5. The van der Waals surface area contributed by atoms with E-state index >= 15 is 0 Å². The third-order valence-corrected chi connectivity index (χ3v) is 24.4. The monoisotopic (exact) mass is 1610 g/mol. The molecule has 10 aliphatic rings. The fourth-order valence-corrected chi connectivity index (χ4v) is 18.5. The van der Waals surface area contributed by atoms with Crippen molar-refractivity contribution in [1.82, 2.24) is 0 Å². The van der Waals surface area contributed by atoms with E-state index in [2.05, 4.69) is 169 Å². The van der Waals surface area contributed by atoms with Crippen LogP contribution in [0.5, 0.6) is 115 Å². The zero-order valence-corrected chi connectivity index (χ0v) is 68.9. The van der Waals surface area contributed by atoms with Crippen LogP contribution < -0.4 is 76.4 Å². The summed E-state index contributed by atoms with van der Waals surface area (Å²) < 4.78 is 86.0. The average Bonchev–Trinajstić information content (AvgIpc) is 0.830. The number of hydrogen-bond acceptors (Lipinski definition) is 16. The van der Waals surface area contributed by atoms with E-state index in [-0.39, 0.29) is 0 Å². The molecular weight excluding hydrogens is 1520 g/mol. The normalized spacial score (nSPS) is 13.4. The first kappa shape index (κ1) is 74.4. The molecule has 12 aromatic carbocycles. The van der Waals surface area contributed by atoms with Crippen molar-refractivity contribution in [1.29, 1.82) is 0 Å². The number of unbranched alkanes of at least 4 members (excludes halogenated alkanes) is 12. The second kappa shape index (κ2) is 31.4. The van der Waals surface area contributed by atoms with Crippen molar-refractivity contribution in [2.75, 3.05) is 46.0 Å². The fourth-order valence-electron chi connectivity index (χ4n) is 18.5. The highest BCUT2D eigenvalue weighted by atomic mass is 16.5. The highest BCUT2D eigenvalue weighted by Gasteiger charge is 2.42. The molecule has 8 heterocycles. The molecule has 0 aromatic heterocycles. The largest absolute Gasteiger partial charge is 0.493 e. The van der Waals surface area contributed by atoms with Gasteiger partial charge in [0.2, 0.25) is 0 Å². The van der Waals surface area contributed by atoms with Gasteiger partial charge in [-0.05, 0) is 205 Å². The van der Waals surface area contributed by atoms with Crippen molar-refractivity contribution in [3.63, 3.8) is 0 Å². The maximum Gasteiger partial charge on any atom is 0.155 e. The molecule has 2 aliphatic carbocycles. The standard InChI is InChI=1S/C106H92N4O12/c1-5-9-13-25-49-111-95-61-79-99(119-91-45-29-41-87-103(91)107(79)75-33-17-21-37-83(75)115-87)57-67(95)65-53-66(68-58-100-80(62-96(68)112-50-26-14-10-6-2)108-76-34-18-22-38-84(76)116-88-42-30-46-92(120-100)104(88)108)55-70-69(54-65)71(73-59-101-81(63-97(73)113-51-27-15-11-7-3)109-77-35-19-23-39-85(77)117-89-43-31-47-93(121-101)105(89)109)56-72(70)74-60-102-82(64-98(74)114-52-28-16-12-8-4)110-78-36-20-24-40-86(78)118-90-44-32-48-94(122-102)106(90)110/h17-24,29-48,53-64H,5-16,25-28,49-52H2,1-4H3. The Morgan fingerprint density at radius 2 is 0.418 bits per heavy atom. The molecular formula is C106H92N4O12. The van der Waals surface area contributed by atoms with Crippen LogP contribution in [-0.4, -0.2) is 26.4 Å². The third-order valence-electron chi connectivity index (χ3n) is 24.4. The summed E-state index contributed by atoms with van der Waals surface area (Å²) in [5.41, 5.74) is 18.5. The molecule has 0 amide bonds. The van der Waals surface area contributed by atoms with Crippen LogP contribution in [0.25, 0.3) is 55.6 Å². The van der Waals surface area contributed by atoms with E-state index in [1.54, 1.807) is 0 Å². The molecule has 0 saturated carbocycles. The molecule has 12 aromatic rings. The third kappa shape index (κ3) is 12.9. The van der Waals surface area contributed by atoms with Crippen LogP contribution in [0.4, 0.5) is 68.2 Å². The summed E-state index contributed by atoms with van der Waals surface area (Å²) in [6, 6.07) is 83.8. The molecule has 0 spiro atoms. The van der Waals surface area contributed by atoms with Crippen LogP contribution in [-0.2, 0) is 0 Å². The van der Waals surface area contributed by atoms with Crippen molar-refractivity contribution in [3.05, 3.63) is 243 Å². The lowest BCUT2D eigenvalue weighted by molar-refractivity contribution is 0.305. The van der Waals surface area contributed by atoms with Crippen molar-refractivity contribution in [3.8, 4) is 171 Å². The van der Waals surface area contributed by atoms with E-state index in [0.717, 1.165) is 250 Å². The van der Waals surface area contributed by atoms with Gasteiger partial charge in [-0.25, -0.2) is 0 Å². The van der Waals surface area contributed by atoms with Gasteiger partial charge in [0.05, 0.1) is 71.9 Å². The highest BCUT2D eigenvalue weighted by Crippen LogP contribution is 2.68. The lowest BCUT2D eigenvalue weighted by Crippen LogP contribution is -2.20. The Labute approximate surface area is 710 Å². The first-order valence-corrected chi connectivity index (χ1v) is 43.7. The van der Waals surface area contributed by atoms with E-state index in [4.69, 9.17) is 56.8 Å². The highest BCUT2D eigenvalue weighted by molar-refractivity contribution is 6.07. The Hall–Kier alpha value is -13.9. The lowest BCUT2D eigenvalue weighted by Gasteiger charge is -2.38. The first-order chi connectivity index (χ1) is 60.3. The number of ether oxygens (including phenoxy) is 12. The van der Waals surface area contributed by atoms with E-state index in [9.17, 15) is 0 Å². The molecule has 8 aliphatic heterocycles. The molecule has 0 N–H and O–H groups in total. The molecule has 122 heavy (non-hydrogen) atoms. The minimum absolute atomic E-state index is 0.461. The predicted molar refractivity (Wildman–Crippen MR) is 483 cm³/mol. The van der Waals surface area contributed by atoms with Gasteiger partial charge in [-0.1, -0.05) is 178 Å². The van der Waals surface area contributed by atoms with Crippen LogP contribution in [0, 0.1) is 0 Å². The number of hydrogen-bond donors (Lipinski definition) is 0. The summed E-state index contributed by atoms with van der Waals surface area (Å²) in [6.45, 7) is 10.8. The van der Waals surface area contributed by atoms with E-state index < -0.39 is 0 Å². The Kier molecular flexibility index (Phi) is 19.1. The molecule has 22 rings (SSSR count). The van der Waals surface area contributed by atoms with Crippen LogP contribution in [0.3, 0.4) is 0 Å². The molecule has 16 heteroatoms. The number of rotatable bonds is 28. The molecule has 608 valence electrons. The topological polar surface area (TPSA) is 124 Å². The van der Waals surface area contributed by atoms with Crippen LogP contribution >= 0.6 is 0 Å². The van der Waals surface area contributed by atoms with Crippen molar-refractivity contribution in [2.45, 2.75) is 130 Å². The van der Waals surface area contributed by atoms with Crippen LogP contribution in [0.2, 0.25) is 0 Å². The summed E-state index contributed by atoms with van der Waals surface area (Å²) in [4.78, 5) is 9.10. The fraction of sp³-hybridized carbons (Fsp3) is 0.226. The Morgan fingerprint density at radius 3 is 0.689 bits per heavy atom. The molecule has 0 unspecified atom stereocenters. The Morgan fingerprint density at radius 1 is 0.189 bits per heavy atom. The smallest absolute Gasteiger partial charge is 0.155 e. The first-order valence-electron chi connectivity index (χ1n) is 43.7. The predicted octanol–water partition coefficient (Wildman–Crippen LogP) is 32.0. The van der Waals surface area contributed by atoms with Gasteiger partial charge < -0.3 is 56.8 Å². The maximum atomic E-state index is 7.48. The molecule has 0 saturated heterocycles. The summed E-state index contributed by atoms with van der Waals surface area (Å²) in [7, 11) is 0. The molecule has 0 fully saturated rings. The summed E-state index contributed by atoms with van der Waals surface area (Å²) >= 11 is 0. The second-order valence-electron chi connectivity index (χ2n) is 32.5. The molecule has 0 bridgehead atoms. The van der Waals surface area contributed by atoms with Gasteiger partial charge in [0.15, 0.2) is 92.0 Å². The van der Waals surface area contributed by atoms with Gasteiger partial charge >= 0.3 is 0 Å².